The summed E-state index contributed by atoms with van der Waals surface area (Å²) in [4.78, 5) is 8.86. The number of benzene rings is 1. The molecule has 0 unspecified atom stereocenters. The van der Waals surface area contributed by atoms with E-state index in [0.29, 0.717) is 11.7 Å². The number of halogens is 2. The Morgan fingerprint density at radius 3 is 2.68 bits per heavy atom. The molecule has 0 bridgehead atoms. The Balaban J connectivity index is 2.57. The van der Waals surface area contributed by atoms with Crippen LogP contribution in [0.25, 0.3) is 11.4 Å². The molecule has 1 heterocycles. The first-order valence-electron chi connectivity index (χ1n) is 6.21. The molecule has 0 aliphatic carbocycles. The molecule has 0 fully saturated rings. The van der Waals surface area contributed by atoms with Gasteiger partial charge < -0.3 is 0 Å². The first-order valence-corrected chi connectivity index (χ1v) is 6.74. The van der Waals surface area contributed by atoms with Gasteiger partial charge in [0.2, 0.25) is 0 Å². The summed E-state index contributed by atoms with van der Waals surface area (Å²) in [7, 11) is 0. The Morgan fingerprint density at radius 2 is 2.05 bits per heavy atom. The normalized spacial score (nSPS) is 11.1. The second-order valence-corrected chi connectivity index (χ2v) is 5.12. The van der Waals surface area contributed by atoms with Crippen LogP contribution < -0.4 is 0 Å². The minimum atomic E-state index is -0.281. The molecule has 0 N–H and O–H groups in total. The van der Waals surface area contributed by atoms with Gasteiger partial charge in [0.15, 0.2) is 5.82 Å². The highest BCUT2D eigenvalue weighted by Crippen LogP contribution is 2.25. The maximum Gasteiger partial charge on any atom is 0.159 e. The van der Waals surface area contributed by atoms with E-state index in [1.165, 1.54) is 12.1 Å². The Morgan fingerprint density at radius 1 is 1.32 bits per heavy atom. The number of aromatic nitrogens is 2. The lowest BCUT2D eigenvalue weighted by Crippen LogP contribution is -2.03. The second kappa shape index (κ2) is 5.66. The van der Waals surface area contributed by atoms with Crippen LogP contribution in [-0.2, 0) is 5.88 Å². The Kier molecular flexibility index (Phi) is 4.15. The SMILES string of the molecule is Cc1ccc(F)cc1-c1ncc(CCl)c(C(C)C)n1. The van der Waals surface area contributed by atoms with Crippen molar-refractivity contribution in [3.8, 4) is 11.4 Å². The maximum atomic E-state index is 13.4. The largest absolute Gasteiger partial charge is 0.236 e. The van der Waals surface area contributed by atoms with Crippen molar-refractivity contribution in [2.75, 3.05) is 0 Å². The van der Waals surface area contributed by atoms with Gasteiger partial charge in [0.1, 0.15) is 5.82 Å². The van der Waals surface area contributed by atoms with Crippen molar-refractivity contribution in [3.63, 3.8) is 0 Å². The fourth-order valence-corrected chi connectivity index (χ4v) is 2.19. The lowest BCUT2D eigenvalue weighted by molar-refractivity contribution is 0.627. The quantitative estimate of drug-likeness (QED) is 0.775. The molecule has 2 nitrogen and oxygen atoms in total. The molecule has 1 aromatic heterocycles. The van der Waals surface area contributed by atoms with Crippen LogP contribution in [0.15, 0.2) is 24.4 Å². The molecule has 0 amide bonds. The number of nitrogens with zero attached hydrogens (tertiary/aromatic N) is 2. The van der Waals surface area contributed by atoms with E-state index in [2.05, 4.69) is 23.8 Å². The minimum absolute atomic E-state index is 0.254. The highest BCUT2D eigenvalue weighted by Gasteiger charge is 2.13. The van der Waals surface area contributed by atoms with Gasteiger partial charge in [-0.2, -0.15) is 0 Å². The third-order valence-electron chi connectivity index (χ3n) is 3.03. The number of hydrogen-bond acceptors (Lipinski definition) is 2. The van der Waals surface area contributed by atoms with Crippen molar-refractivity contribution in [1.82, 2.24) is 9.97 Å². The molecule has 100 valence electrons. The third-order valence-corrected chi connectivity index (χ3v) is 3.32. The zero-order valence-corrected chi connectivity index (χ0v) is 12.0. The molecule has 0 radical (unpaired) electrons. The summed E-state index contributed by atoms with van der Waals surface area (Å²) < 4.78 is 13.4. The van der Waals surface area contributed by atoms with Crippen molar-refractivity contribution < 1.29 is 4.39 Å². The van der Waals surface area contributed by atoms with Gasteiger partial charge >= 0.3 is 0 Å². The molecule has 2 rings (SSSR count). The van der Waals surface area contributed by atoms with Crippen LogP contribution in [0.1, 0.15) is 36.6 Å². The van der Waals surface area contributed by atoms with Crippen molar-refractivity contribution in [2.24, 2.45) is 0 Å². The zero-order valence-electron chi connectivity index (χ0n) is 11.2. The smallest absolute Gasteiger partial charge is 0.159 e. The first-order chi connectivity index (χ1) is 9.02. The van der Waals surface area contributed by atoms with Crippen LogP contribution in [-0.4, -0.2) is 9.97 Å². The van der Waals surface area contributed by atoms with Crippen LogP contribution in [0.5, 0.6) is 0 Å². The number of alkyl halides is 1. The summed E-state index contributed by atoms with van der Waals surface area (Å²) in [6.07, 6.45) is 1.73. The zero-order chi connectivity index (χ0) is 14.0. The average molecular weight is 279 g/mol. The topological polar surface area (TPSA) is 25.8 Å². The summed E-state index contributed by atoms with van der Waals surface area (Å²) >= 11 is 5.89. The Labute approximate surface area is 117 Å². The molecule has 19 heavy (non-hydrogen) atoms. The Hall–Kier alpha value is -1.48. The molecular weight excluding hydrogens is 263 g/mol. The monoisotopic (exact) mass is 278 g/mol. The standard InChI is InChI=1S/C15H16ClFN2/c1-9(2)14-11(7-16)8-18-15(19-14)13-6-12(17)5-4-10(13)3/h4-6,8-9H,7H2,1-3H3. The Bertz CT molecular complexity index is 597. The highest BCUT2D eigenvalue weighted by molar-refractivity contribution is 6.17. The lowest BCUT2D eigenvalue weighted by Gasteiger charge is -2.12. The summed E-state index contributed by atoms with van der Waals surface area (Å²) in [6, 6.07) is 4.64. The van der Waals surface area contributed by atoms with Crippen molar-refractivity contribution in [2.45, 2.75) is 32.6 Å². The van der Waals surface area contributed by atoms with E-state index < -0.39 is 0 Å². The van der Waals surface area contributed by atoms with Gasteiger partial charge in [-0.3, -0.25) is 0 Å². The molecule has 0 aliphatic heterocycles. The van der Waals surface area contributed by atoms with E-state index in [-0.39, 0.29) is 11.7 Å². The van der Waals surface area contributed by atoms with Crippen LogP contribution in [0.3, 0.4) is 0 Å². The number of rotatable bonds is 3. The van der Waals surface area contributed by atoms with E-state index in [1.807, 2.05) is 6.92 Å². The molecule has 0 spiro atoms. The highest BCUT2D eigenvalue weighted by atomic mass is 35.5. The fourth-order valence-electron chi connectivity index (χ4n) is 1.99. The van der Waals surface area contributed by atoms with Crippen LogP contribution in [0.2, 0.25) is 0 Å². The number of aryl methyl sites for hydroxylation is 1. The van der Waals surface area contributed by atoms with E-state index in [1.54, 1.807) is 12.3 Å². The second-order valence-electron chi connectivity index (χ2n) is 4.85. The summed E-state index contributed by atoms with van der Waals surface area (Å²) in [6.45, 7) is 6.03. The van der Waals surface area contributed by atoms with Gasteiger partial charge in [0.05, 0.1) is 11.6 Å². The van der Waals surface area contributed by atoms with Gasteiger partial charge in [0, 0.05) is 17.3 Å². The van der Waals surface area contributed by atoms with Gasteiger partial charge in [-0.1, -0.05) is 19.9 Å². The van der Waals surface area contributed by atoms with Gasteiger partial charge in [-0.25, -0.2) is 14.4 Å². The van der Waals surface area contributed by atoms with Crippen molar-refractivity contribution in [3.05, 3.63) is 47.0 Å². The summed E-state index contributed by atoms with van der Waals surface area (Å²) in [5.74, 6) is 0.909. The van der Waals surface area contributed by atoms with Gasteiger partial charge in [0.25, 0.3) is 0 Å². The summed E-state index contributed by atoms with van der Waals surface area (Å²) in [5.41, 5.74) is 3.52. The maximum absolute atomic E-state index is 13.4. The molecule has 4 heteroatoms. The molecule has 0 saturated carbocycles. The molecule has 1 aromatic carbocycles. The summed E-state index contributed by atoms with van der Waals surface area (Å²) in [5, 5.41) is 0. The first kappa shape index (κ1) is 13.9. The molecule has 0 saturated heterocycles. The molecule has 0 atom stereocenters. The minimum Gasteiger partial charge on any atom is -0.236 e. The molecule has 0 aliphatic rings. The lowest BCUT2D eigenvalue weighted by atomic mass is 10.0. The van der Waals surface area contributed by atoms with E-state index in [9.17, 15) is 4.39 Å². The van der Waals surface area contributed by atoms with Gasteiger partial charge in [-0.05, 0) is 30.5 Å². The van der Waals surface area contributed by atoms with Crippen LogP contribution in [0.4, 0.5) is 4.39 Å². The van der Waals surface area contributed by atoms with Crippen LogP contribution in [0, 0.1) is 12.7 Å². The fraction of sp³-hybridized carbons (Fsp3) is 0.333. The van der Waals surface area contributed by atoms with E-state index >= 15 is 0 Å². The average Bonchev–Trinajstić information content (AvgIpc) is 2.40. The predicted molar refractivity (Wildman–Crippen MR) is 75.8 cm³/mol. The van der Waals surface area contributed by atoms with E-state index in [0.717, 1.165) is 22.4 Å². The van der Waals surface area contributed by atoms with Crippen LogP contribution >= 0.6 is 11.6 Å². The predicted octanol–water partition coefficient (Wildman–Crippen LogP) is 4.45. The third kappa shape index (κ3) is 2.92. The van der Waals surface area contributed by atoms with E-state index in [4.69, 9.17) is 11.6 Å². The van der Waals surface area contributed by atoms with Crippen molar-refractivity contribution >= 4 is 11.6 Å². The number of hydrogen-bond donors (Lipinski definition) is 0. The molecular formula is C15H16ClFN2. The molecule has 2 aromatic rings. The van der Waals surface area contributed by atoms with Gasteiger partial charge in [-0.15, -0.1) is 11.6 Å². The van der Waals surface area contributed by atoms with Crippen molar-refractivity contribution in [1.29, 1.82) is 0 Å².